The number of carbonyl (C=O) groups is 1. The topological polar surface area (TPSA) is 96.5 Å². The first kappa shape index (κ1) is 23.7. The summed E-state index contributed by atoms with van der Waals surface area (Å²) in [7, 11) is 0. The summed E-state index contributed by atoms with van der Waals surface area (Å²) in [5, 5.41) is 8.72. The number of nitrogens with one attached hydrogen (secondary N) is 3. The van der Waals surface area contributed by atoms with Gasteiger partial charge in [0.05, 0.1) is 23.3 Å². The molecule has 2 aliphatic rings. The van der Waals surface area contributed by atoms with Crippen LogP contribution in [0.15, 0.2) is 44.7 Å². The molecule has 0 spiro atoms. The second kappa shape index (κ2) is 8.42. The number of ether oxygens (including phenoxy) is 1. The van der Waals surface area contributed by atoms with E-state index < -0.39 is 28.6 Å². The molecule has 2 atom stereocenters. The van der Waals surface area contributed by atoms with Crippen molar-refractivity contribution in [3.05, 3.63) is 72.5 Å². The van der Waals surface area contributed by atoms with E-state index in [0.717, 1.165) is 17.6 Å². The van der Waals surface area contributed by atoms with Crippen molar-refractivity contribution in [2.45, 2.75) is 60.0 Å². The normalized spacial score (nSPS) is 18.9. The van der Waals surface area contributed by atoms with Crippen molar-refractivity contribution in [1.29, 1.82) is 0 Å². The maximum atomic E-state index is 14.8. The molecular formula is C26H30FN3O4. The number of carbonyl (C=O) groups excluding carboxylic acids is 1. The Hall–Kier alpha value is -3.42. The number of anilines is 3. The maximum Gasteiger partial charge on any atom is 0.254 e. The van der Waals surface area contributed by atoms with Crippen LogP contribution < -0.4 is 26.8 Å². The Kier molecular flexibility index (Phi) is 5.87. The van der Waals surface area contributed by atoms with E-state index in [0.29, 0.717) is 17.9 Å². The molecular weight excluding hydrogens is 437 g/mol. The third kappa shape index (κ3) is 3.81. The molecule has 0 aliphatic carbocycles. The molecule has 0 saturated carbocycles. The lowest BCUT2D eigenvalue weighted by molar-refractivity contribution is 0.0959. The van der Waals surface area contributed by atoms with Crippen molar-refractivity contribution in [2.24, 2.45) is 5.41 Å². The average Bonchev–Trinajstić information content (AvgIpc) is 3.09. The molecule has 0 fully saturated rings. The van der Waals surface area contributed by atoms with Gasteiger partial charge in [0.2, 0.25) is 0 Å². The van der Waals surface area contributed by atoms with Crippen LogP contribution in [0.5, 0.6) is 0 Å². The highest BCUT2D eigenvalue weighted by molar-refractivity contribution is 6.05. The van der Waals surface area contributed by atoms with Crippen LogP contribution >= 0.6 is 0 Å². The summed E-state index contributed by atoms with van der Waals surface area (Å²) >= 11 is 0. The monoisotopic (exact) mass is 467 g/mol. The van der Waals surface area contributed by atoms with Crippen LogP contribution in [-0.4, -0.2) is 18.6 Å². The number of fused-ring (bicyclic) bond motifs is 1. The van der Waals surface area contributed by atoms with Crippen LogP contribution in [0, 0.1) is 11.2 Å². The van der Waals surface area contributed by atoms with Crippen molar-refractivity contribution >= 4 is 23.0 Å². The summed E-state index contributed by atoms with van der Waals surface area (Å²) in [5.41, 5.74) is 1.10. The number of benzene rings is 1. The fourth-order valence-corrected chi connectivity index (χ4v) is 4.29. The Labute approximate surface area is 197 Å². The van der Waals surface area contributed by atoms with Crippen molar-refractivity contribution in [2.75, 3.05) is 17.2 Å². The summed E-state index contributed by atoms with van der Waals surface area (Å²) in [4.78, 5) is 37.6. The smallest absolute Gasteiger partial charge is 0.254 e. The van der Waals surface area contributed by atoms with E-state index in [1.807, 2.05) is 40.7 Å². The molecule has 0 aromatic heterocycles. The Balaban J connectivity index is 1.74. The predicted octanol–water partition coefficient (Wildman–Crippen LogP) is 4.44. The van der Waals surface area contributed by atoms with Crippen LogP contribution in [0.25, 0.3) is 0 Å². The molecule has 4 rings (SSSR count). The quantitative estimate of drug-likeness (QED) is 0.521. The van der Waals surface area contributed by atoms with E-state index in [1.165, 1.54) is 6.07 Å². The number of amides is 1. The van der Waals surface area contributed by atoms with Crippen LogP contribution in [0.1, 0.15) is 69.9 Å². The standard InChI is InChI=1S/C26H30FN3O4/c1-7-26(5,6)24(17-10-12(2)13(3)11-34-17)30-21-20(22(31)23(21)32)29-19-16(27)9-8-15-14(4)28-25(33)18(15)19/h8-10,14,24,29-30H,7,11H2,1-6H3,(H,28,33)/t14-,24-/m0/s1. The third-order valence-corrected chi connectivity index (χ3v) is 7.14. The molecule has 3 N–H and O–H groups in total. The zero-order valence-corrected chi connectivity index (χ0v) is 20.3. The van der Waals surface area contributed by atoms with Gasteiger partial charge in [-0.25, -0.2) is 4.39 Å². The molecule has 180 valence electrons. The van der Waals surface area contributed by atoms with Gasteiger partial charge in [0.25, 0.3) is 16.8 Å². The molecule has 0 radical (unpaired) electrons. The van der Waals surface area contributed by atoms with E-state index in [4.69, 9.17) is 4.74 Å². The van der Waals surface area contributed by atoms with Gasteiger partial charge in [0.1, 0.15) is 29.6 Å². The molecule has 0 bridgehead atoms. The Morgan fingerprint density at radius 3 is 2.47 bits per heavy atom. The second-order valence-corrected chi connectivity index (χ2v) is 9.83. The van der Waals surface area contributed by atoms with E-state index in [9.17, 15) is 18.8 Å². The van der Waals surface area contributed by atoms with Gasteiger partial charge in [-0.05, 0) is 61.5 Å². The van der Waals surface area contributed by atoms with Crippen LogP contribution in [0.3, 0.4) is 0 Å². The highest BCUT2D eigenvalue weighted by Gasteiger charge is 2.37. The van der Waals surface area contributed by atoms with Gasteiger partial charge >= 0.3 is 0 Å². The van der Waals surface area contributed by atoms with Gasteiger partial charge in [-0.15, -0.1) is 0 Å². The fraction of sp³-hybridized carbons (Fsp3) is 0.423. The number of hydrogen-bond donors (Lipinski definition) is 3. The zero-order valence-electron chi connectivity index (χ0n) is 20.3. The first-order valence-electron chi connectivity index (χ1n) is 11.5. The van der Waals surface area contributed by atoms with Gasteiger partial charge < -0.3 is 20.7 Å². The highest BCUT2D eigenvalue weighted by Crippen LogP contribution is 2.38. The van der Waals surface area contributed by atoms with Crippen molar-refractivity contribution in [3.63, 3.8) is 0 Å². The van der Waals surface area contributed by atoms with E-state index in [-0.39, 0.29) is 34.1 Å². The minimum atomic E-state index is -0.760. The van der Waals surface area contributed by atoms with E-state index >= 15 is 0 Å². The van der Waals surface area contributed by atoms with Gasteiger partial charge in [-0.3, -0.25) is 14.4 Å². The number of hydrogen-bond acceptors (Lipinski definition) is 6. The molecule has 34 heavy (non-hydrogen) atoms. The highest BCUT2D eigenvalue weighted by atomic mass is 19.1. The van der Waals surface area contributed by atoms with Crippen LogP contribution in [0.4, 0.5) is 21.5 Å². The van der Waals surface area contributed by atoms with Crippen molar-refractivity contribution < 1.29 is 13.9 Å². The number of halogens is 1. The van der Waals surface area contributed by atoms with Crippen molar-refractivity contribution in [1.82, 2.24) is 5.32 Å². The molecule has 0 saturated heterocycles. The Morgan fingerprint density at radius 2 is 1.82 bits per heavy atom. The Bertz CT molecular complexity index is 1310. The lowest BCUT2D eigenvalue weighted by Crippen LogP contribution is -2.45. The first-order chi connectivity index (χ1) is 16.0. The first-order valence-corrected chi connectivity index (χ1v) is 11.5. The second-order valence-electron chi connectivity index (χ2n) is 9.83. The Morgan fingerprint density at radius 1 is 1.15 bits per heavy atom. The summed E-state index contributed by atoms with van der Waals surface area (Å²) in [5.74, 6) is -0.433. The molecule has 2 heterocycles. The third-order valence-electron chi connectivity index (χ3n) is 7.14. The van der Waals surface area contributed by atoms with Gasteiger partial charge in [-0.1, -0.05) is 26.8 Å². The summed E-state index contributed by atoms with van der Waals surface area (Å²) < 4.78 is 20.8. The number of rotatable bonds is 7. The molecule has 2 aromatic rings. The average molecular weight is 468 g/mol. The molecule has 2 aliphatic heterocycles. The lowest BCUT2D eigenvalue weighted by Gasteiger charge is -2.38. The largest absolute Gasteiger partial charge is 0.491 e. The zero-order chi connectivity index (χ0) is 24.9. The molecule has 0 unspecified atom stereocenters. The summed E-state index contributed by atoms with van der Waals surface area (Å²) in [6, 6.07) is 2.11. The SMILES string of the molecule is CCC(C)(C)[C@@H](Nc1c(Nc2c(F)ccc3c2C(=O)N[C@H]3C)c(=O)c1=O)C1=CC(C)=C(C)CO1. The molecule has 2 aromatic carbocycles. The van der Waals surface area contributed by atoms with Crippen molar-refractivity contribution in [3.8, 4) is 0 Å². The maximum absolute atomic E-state index is 14.8. The molecule has 7 nitrogen and oxygen atoms in total. The number of allylic oxidation sites excluding steroid dienone is 2. The molecule has 1 amide bonds. The molecule has 8 heteroatoms. The summed E-state index contributed by atoms with van der Waals surface area (Å²) in [6.07, 6.45) is 2.71. The van der Waals surface area contributed by atoms with Gasteiger partial charge in [-0.2, -0.15) is 0 Å². The fourth-order valence-electron chi connectivity index (χ4n) is 4.29. The van der Waals surface area contributed by atoms with E-state index in [1.54, 1.807) is 13.0 Å². The van der Waals surface area contributed by atoms with Crippen LogP contribution in [0.2, 0.25) is 0 Å². The lowest BCUT2D eigenvalue weighted by atomic mass is 9.79. The summed E-state index contributed by atoms with van der Waals surface area (Å²) in [6.45, 7) is 12.4. The van der Waals surface area contributed by atoms with Gasteiger partial charge in [0.15, 0.2) is 0 Å². The van der Waals surface area contributed by atoms with E-state index in [2.05, 4.69) is 16.0 Å². The minimum Gasteiger partial charge on any atom is -0.491 e. The minimum absolute atomic E-state index is 0.0542. The van der Waals surface area contributed by atoms with Gasteiger partial charge in [0, 0.05) is 0 Å². The predicted molar refractivity (Wildman–Crippen MR) is 131 cm³/mol. The van der Waals surface area contributed by atoms with Crippen LogP contribution in [-0.2, 0) is 4.74 Å².